The fraction of sp³-hybridized carbons (Fsp3) is 0.636. The van der Waals surface area contributed by atoms with Crippen LogP contribution in [0.5, 0.6) is 0 Å². The van der Waals surface area contributed by atoms with E-state index in [1.165, 1.54) is 6.20 Å². The predicted molar refractivity (Wildman–Crippen MR) is 69.3 cm³/mol. The highest BCUT2D eigenvalue weighted by Gasteiger charge is 2.26. The SMILES string of the molecule is CCCC(NS(=O)(=O)c1cn(CC)c(C)n1)C(=O)O. The van der Waals surface area contributed by atoms with Gasteiger partial charge >= 0.3 is 5.97 Å². The minimum absolute atomic E-state index is 0.144. The summed E-state index contributed by atoms with van der Waals surface area (Å²) in [5.74, 6) is -0.609. The van der Waals surface area contributed by atoms with Gasteiger partial charge in [0, 0.05) is 12.7 Å². The average molecular weight is 289 g/mol. The first-order valence-corrected chi connectivity index (χ1v) is 7.59. The van der Waals surface area contributed by atoms with E-state index >= 15 is 0 Å². The van der Waals surface area contributed by atoms with Gasteiger partial charge in [0.25, 0.3) is 10.0 Å². The standard InChI is InChI=1S/C11H19N3O4S/c1-4-6-9(11(15)16)13-19(17,18)10-7-14(5-2)8(3)12-10/h7,9,13H,4-6H2,1-3H3,(H,15,16). The van der Waals surface area contributed by atoms with E-state index < -0.39 is 22.0 Å². The van der Waals surface area contributed by atoms with E-state index in [4.69, 9.17) is 5.11 Å². The summed E-state index contributed by atoms with van der Waals surface area (Å²) in [7, 11) is -3.90. The maximum atomic E-state index is 12.1. The van der Waals surface area contributed by atoms with E-state index in [1.54, 1.807) is 18.4 Å². The Morgan fingerprint density at radius 2 is 2.16 bits per heavy atom. The molecule has 1 unspecified atom stereocenters. The van der Waals surface area contributed by atoms with Gasteiger partial charge in [-0.1, -0.05) is 13.3 Å². The van der Waals surface area contributed by atoms with Gasteiger partial charge in [-0.3, -0.25) is 4.79 Å². The summed E-state index contributed by atoms with van der Waals surface area (Å²) in [4.78, 5) is 14.9. The molecule has 1 aromatic rings. The first kappa shape index (κ1) is 15.6. The van der Waals surface area contributed by atoms with Gasteiger partial charge in [-0.25, -0.2) is 13.4 Å². The first-order chi connectivity index (χ1) is 8.81. The second kappa shape index (κ2) is 6.16. The molecule has 108 valence electrons. The van der Waals surface area contributed by atoms with Crippen LogP contribution in [0.4, 0.5) is 0 Å². The average Bonchev–Trinajstić information content (AvgIpc) is 2.70. The number of carboxylic acid groups (broad SMARTS) is 1. The molecule has 19 heavy (non-hydrogen) atoms. The monoisotopic (exact) mass is 289 g/mol. The largest absolute Gasteiger partial charge is 0.480 e. The lowest BCUT2D eigenvalue weighted by Gasteiger charge is -2.12. The van der Waals surface area contributed by atoms with Crippen LogP contribution in [-0.2, 0) is 21.4 Å². The Morgan fingerprint density at radius 3 is 2.58 bits per heavy atom. The number of carboxylic acids is 1. The zero-order chi connectivity index (χ0) is 14.6. The van der Waals surface area contributed by atoms with Crippen molar-refractivity contribution in [2.75, 3.05) is 0 Å². The van der Waals surface area contributed by atoms with Crippen molar-refractivity contribution in [3.63, 3.8) is 0 Å². The van der Waals surface area contributed by atoms with Gasteiger partial charge in [-0.2, -0.15) is 4.72 Å². The normalized spacial score (nSPS) is 13.4. The van der Waals surface area contributed by atoms with Gasteiger partial charge in [0.05, 0.1) is 0 Å². The number of rotatable bonds is 7. The van der Waals surface area contributed by atoms with Crippen LogP contribution in [-0.4, -0.2) is 35.1 Å². The summed E-state index contributed by atoms with van der Waals surface area (Å²) in [5.41, 5.74) is 0. The van der Waals surface area contributed by atoms with Crippen LogP contribution < -0.4 is 4.72 Å². The van der Waals surface area contributed by atoms with E-state index in [2.05, 4.69) is 9.71 Å². The molecule has 1 rings (SSSR count). The minimum Gasteiger partial charge on any atom is -0.480 e. The van der Waals surface area contributed by atoms with E-state index in [9.17, 15) is 13.2 Å². The molecule has 1 atom stereocenters. The number of nitrogens with one attached hydrogen (secondary N) is 1. The van der Waals surface area contributed by atoms with Gasteiger partial charge in [-0.05, 0) is 20.3 Å². The Bertz CT molecular complexity index is 550. The lowest BCUT2D eigenvalue weighted by atomic mass is 10.2. The van der Waals surface area contributed by atoms with Crippen molar-refractivity contribution in [3.8, 4) is 0 Å². The second-order valence-corrected chi connectivity index (χ2v) is 5.87. The molecule has 2 N–H and O–H groups in total. The smallest absolute Gasteiger partial charge is 0.321 e. The molecule has 0 aliphatic heterocycles. The van der Waals surface area contributed by atoms with Crippen LogP contribution in [0.1, 0.15) is 32.5 Å². The van der Waals surface area contributed by atoms with Gasteiger partial charge in [-0.15, -0.1) is 0 Å². The van der Waals surface area contributed by atoms with Gasteiger partial charge in [0.2, 0.25) is 0 Å². The molecule has 0 amide bonds. The number of sulfonamides is 1. The highest BCUT2D eigenvalue weighted by molar-refractivity contribution is 7.89. The van der Waals surface area contributed by atoms with Crippen molar-refractivity contribution in [2.24, 2.45) is 0 Å². The summed E-state index contributed by atoms with van der Waals surface area (Å²) in [6, 6.07) is -1.12. The fourth-order valence-electron chi connectivity index (χ4n) is 1.70. The molecule has 0 saturated carbocycles. The summed E-state index contributed by atoms with van der Waals surface area (Å²) in [6.45, 7) is 5.96. The van der Waals surface area contributed by atoms with E-state index in [0.29, 0.717) is 18.8 Å². The van der Waals surface area contributed by atoms with Crippen molar-refractivity contribution >= 4 is 16.0 Å². The predicted octanol–water partition coefficient (Wildman–Crippen LogP) is 0.743. The van der Waals surface area contributed by atoms with Crippen LogP contribution in [0, 0.1) is 6.92 Å². The molecule has 0 saturated heterocycles. The van der Waals surface area contributed by atoms with Crippen LogP contribution in [0.25, 0.3) is 0 Å². The molecule has 0 aromatic carbocycles. The molecule has 0 fully saturated rings. The number of imidazole rings is 1. The van der Waals surface area contributed by atoms with Crippen LogP contribution in [0.2, 0.25) is 0 Å². The first-order valence-electron chi connectivity index (χ1n) is 6.10. The topological polar surface area (TPSA) is 101 Å². The highest BCUT2D eigenvalue weighted by Crippen LogP contribution is 2.11. The zero-order valence-electron chi connectivity index (χ0n) is 11.3. The number of aliphatic carboxylic acids is 1. The number of carbonyl (C=O) groups is 1. The second-order valence-electron chi connectivity index (χ2n) is 4.21. The van der Waals surface area contributed by atoms with Crippen LogP contribution >= 0.6 is 0 Å². The van der Waals surface area contributed by atoms with Crippen molar-refractivity contribution in [1.29, 1.82) is 0 Å². The van der Waals surface area contributed by atoms with E-state index in [0.717, 1.165) is 0 Å². The van der Waals surface area contributed by atoms with Crippen LogP contribution in [0.3, 0.4) is 0 Å². The number of aromatic nitrogens is 2. The fourth-order valence-corrected chi connectivity index (χ4v) is 2.93. The lowest BCUT2D eigenvalue weighted by Crippen LogP contribution is -2.40. The summed E-state index contributed by atoms with van der Waals surface area (Å²) in [6.07, 6.45) is 2.21. The Morgan fingerprint density at radius 1 is 1.53 bits per heavy atom. The van der Waals surface area contributed by atoms with Crippen molar-refractivity contribution in [3.05, 3.63) is 12.0 Å². The maximum Gasteiger partial charge on any atom is 0.321 e. The van der Waals surface area contributed by atoms with E-state index in [1.807, 2.05) is 6.92 Å². The lowest BCUT2D eigenvalue weighted by molar-refractivity contribution is -0.139. The number of hydrogen-bond donors (Lipinski definition) is 2. The molecular weight excluding hydrogens is 270 g/mol. The molecule has 1 heterocycles. The molecular formula is C11H19N3O4S. The molecule has 0 bridgehead atoms. The maximum absolute atomic E-state index is 12.1. The summed E-state index contributed by atoms with van der Waals surface area (Å²) >= 11 is 0. The molecule has 0 radical (unpaired) electrons. The van der Waals surface area contributed by atoms with Crippen molar-refractivity contribution in [1.82, 2.24) is 14.3 Å². The van der Waals surface area contributed by atoms with Crippen molar-refractivity contribution in [2.45, 2.75) is 51.2 Å². The van der Waals surface area contributed by atoms with Gasteiger partial charge in [0.1, 0.15) is 11.9 Å². The molecule has 7 nitrogen and oxygen atoms in total. The molecule has 0 spiro atoms. The third-order valence-corrected chi connectivity index (χ3v) is 4.08. The number of hydrogen-bond acceptors (Lipinski definition) is 4. The van der Waals surface area contributed by atoms with E-state index in [-0.39, 0.29) is 11.4 Å². The third kappa shape index (κ3) is 3.77. The number of aryl methyl sites for hydroxylation is 2. The van der Waals surface area contributed by atoms with Gasteiger partial charge < -0.3 is 9.67 Å². The highest BCUT2D eigenvalue weighted by atomic mass is 32.2. The molecule has 0 aliphatic rings. The number of nitrogens with zero attached hydrogens (tertiary/aromatic N) is 2. The summed E-state index contributed by atoms with van der Waals surface area (Å²) in [5, 5.41) is 8.82. The molecule has 1 aromatic heterocycles. The Labute approximate surface area is 112 Å². The van der Waals surface area contributed by atoms with Gasteiger partial charge in [0.15, 0.2) is 5.03 Å². The quantitative estimate of drug-likeness (QED) is 0.771. The Hall–Kier alpha value is -1.41. The molecule has 0 aliphatic carbocycles. The summed E-state index contributed by atoms with van der Waals surface area (Å²) < 4.78 is 28.0. The Balaban J connectivity index is 2.99. The van der Waals surface area contributed by atoms with Crippen LogP contribution in [0.15, 0.2) is 11.2 Å². The molecule has 8 heteroatoms. The minimum atomic E-state index is -3.90. The zero-order valence-corrected chi connectivity index (χ0v) is 12.1. The Kier molecular flexibility index (Phi) is 5.07. The van der Waals surface area contributed by atoms with Crippen molar-refractivity contribution < 1.29 is 18.3 Å². The third-order valence-electron chi connectivity index (χ3n) is 2.74.